The van der Waals surface area contributed by atoms with Gasteiger partial charge in [-0.15, -0.1) is 23.8 Å². The van der Waals surface area contributed by atoms with Crippen molar-refractivity contribution in [2.75, 3.05) is 14.1 Å². The molecule has 0 saturated carbocycles. The van der Waals surface area contributed by atoms with Gasteiger partial charge in [0.1, 0.15) is 5.29 Å². The summed E-state index contributed by atoms with van der Waals surface area (Å²) in [5.41, 5.74) is 1.46. The van der Waals surface area contributed by atoms with Gasteiger partial charge in [0.05, 0.1) is 7.55 Å². The average Bonchev–Trinajstić information content (AvgIpc) is 3.20. The van der Waals surface area contributed by atoms with Crippen molar-refractivity contribution in [1.29, 1.82) is 0 Å². The highest BCUT2D eigenvalue weighted by Crippen LogP contribution is 2.32. The summed E-state index contributed by atoms with van der Waals surface area (Å²) in [5, 5.41) is 4.39. The molecular weight excluding hydrogens is 285 g/mol. The smallest absolute Gasteiger partial charge is 0.130 e. The second-order valence-corrected chi connectivity index (χ2v) is 8.14. The Morgan fingerprint density at radius 3 is 2.36 bits per heavy atom. The van der Waals surface area contributed by atoms with Gasteiger partial charge in [-0.3, -0.25) is 0 Å². The highest BCUT2D eigenvalue weighted by Gasteiger charge is 2.20. The Morgan fingerprint density at radius 2 is 1.73 bits per heavy atom. The first kappa shape index (κ1) is 15.2. The van der Waals surface area contributed by atoms with Gasteiger partial charge in [-0.25, -0.2) is 24.3 Å². The molecule has 1 aliphatic rings. The fourth-order valence-electron chi connectivity index (χ4n) is 2.86. The highest BCUT2D eigenvalue weighted by molar-refractivity contribution is 7.74. The van der Waals surface area contributed by atoms with Gasteiger partial charge in [0.15, 0.2) is 0 Å². The minimum absolute atomic E-state index is 0.433. The van der Waals surface area contributed by atoms with Crippen molar-refractivity contribution in [3.8, 4) is 0 Å². The van der Waals surface area contributed by atoms with Crippen LogP contribution in [-0.4, -0.2) is 24.3 Å². The molecule has 22 heavy (non-hydrogen) atoms. The molecule has 3 rings (SSSR count). The lowest BCUT2D eigenvalue weighted by Crippen LogP contribution is -2.22. The third-order valence-corrected chi connectivity index (χ3v) is 6.82. The molecule has 0 N–H and O–H groups in total. The summed E-state index contributed by atoms with van der Waals surface area (Å²) in [6.45, 7) is 2.29. The standard InChI is InChI=1S/C20H23NP/c1-16(21(2)3)19-14-9-15-20(19)22(18-12-7-8-13-18)17-10-5-4-6-11-17/h5-16H,4H2,1-3H3/q-1/t16-/m1/s1. The Bertz CT molecular complexity index is 697. The molecule has 0 aliphatic heterocycles. The highest BCUT2D eigenvalue weighted by atomic mass is 31.1. The van der Waals surface area contributed by atoms with Crippen LogP contribution in [0.4, 0.5) is 0 Å². The monoisotopic (exact) mass is 308 g/mol. The molecule has 0 radical (unpaired) electrons. The first-order chi connectivity index (χ1) is 10.7. The zero-order valence-corrected chi connectivity index (χ0v) is 14.4. The molecule has 114 valence electrons. The quantitative estimate of drug-likeness (QED) is 0.612. The summed E-state index contributed by atoms with van der Waals surface area (Å²) in [5.74, 6) is 0. The zero-order valence-electron chi connectivity index (χ0n) is 13.5. The average molecular weight is 308 g/mol. The first-order valence-corrected chi connectivity index (χ1v) is 9.16. The Kier molecular flexibility index (Phi) is 4.57. The molecule has 0 spiro atoms. The SMILES string of the molecule is C[C@H](c1ccc[c-]1[P+](=C1C=CCC=C1)[c-]1cccc1)N(C)C. The van der Waals surface area contributed by atoms with Crippen molar-refractivity contribution < 1.29 is 0 Å². The van der Waals surface area contributed by atoms with E-state index >= 15 is 0 Å². The van der Waals surface area contributed by atoms with Crippen LogP contribution in [0, 0.1) is 0 Å². The Labute approximate surface area is 134 Å². The van der Waals surface area contributed by atoms with Crippen molar-refractivity contribution in [2.45, 2.75) is 19.4 Å². The van der Waals surface area contributed by atoms with Crippen LogP contribution in [-0.2, 0) is 0 Å². The summed E-state index contributed by atoms with van der Waals surface area (Å²) < 4.78 is 0. The minimum Gasteiger partial charge on any atom is -0.305 e. The molecule has 0 aromatic heterocycles. The molecule has 0 amide bonds. The summed E-state index contributed by atoms with van der Waals surface area (Å²) in [7, 11) is 3.85. The van der Waals surface area contributed by atoms with E-state index in [1.54, 1.807) is 0 Å². The lowest BCUT2D eigenvalue weighted by molar-refractivity contribution is 0.323. The summed E-state index contributed by atoms with van der Waals surface area (Å²) in [6.07, 6.45) is 10.2. The third kappa shape index (κ3) is 2.92. The van der Waals surface area contributed by atoms with E-state index in [0.29, 0.717) is 6.04 Å². The van der Waals surface area contributed by atoms with Crippen molar-refractivity contribution in [3.05, 3.63) is 72.3 Å². The van der Waals surface area contributed by atoms with Crippen LogP contribution in [0.1, 0.15) is 24.9 Å². The number of rotatable bonds is 4. The van der Waals surface area contributed by atoms with Crippen LogP contribution in [0.3, 0.4) is 0 Å². The van der Waals surface area contributed by atoms with Gasteiger partial charge < -0.3 is 4.90 Å². The molecule has 0 fully saturated rings. The Hall–Kier alpha value is -1.69. The molecule has 1 nitrogen and oxygen atoms in total. The second kappa shape index (κ2) is 6.60. The summed E-state index contributed by atoms with van der Waals surface area (Å²) in [4.78, 5) is 2.29. The first-order valence-electron chi connectivity index (χ1n) is 7.82. The lowest BCUT2D eigenvalue weighted by Gasteiger charge is -2.23. The van der Waals surface area contributed by atoms with E-state index < -0.39 is 7.55 Å². The van der Waals surface area contributed by atoms with Crippen LogP contribution in [0.5, 0.6) is 0 Å². The fraction of sp³-hybridized carbons (Fsp3) is 0.250. The third-order valence-electron chi connectivity index (χ3n) is 4.30. The number of hydrogen-bond acceptors (Lipinski definition) is 1. The van der Waals surface area contributed by atoms with Gasteiger partial charge in [-0.1, -0.05) is 12.2 Å². The van der Waals surface area contributed by atoms with Gasteiger partial charge in [0.2, 0.25) is 0 Å². The van der Waals surface area contributed by atoms with E-state index in [4.69, 9.17) is 0 Å². The maximum atomic E-state index is 2.32. The van der Waals surface area contributed by atoms with Gasteiger partial charge >= 0.3 is 0 Å². The Morgan fingerprint density at radius 1 is 1.05 bits per heavy atom. The number of allylic oxidation sites excluding steroid dienone is 4. The van der Waals surface area contributed by atoms with Gasteiger partial charge in [0.25, 0.3) is 0 Å². The van der Waals surface area contributed by atoms with Crippen LogP contribution >= 0.6 is 7.55 Å². The van der Waals surface area contributed by atoms with E-state index in [2.05, 4.69) is 92.7 Å². The Balaban J connectivity index is 2.17. The summed E-state index contributed by atoms with van der Waals surface area (Å²) in [6, 6.07) is 16.1. The van der Waals surface area contributed by atoms with Gasteiger partial charge in [-0.05, 0) is 39.6 Å². The molecule has 2 aromatic rings. The van der Waals surface area contributed by atoms with Crippen molar-refractivity contribution in [2.24, 2.45) is 0 Å². The summed E-state index contributed by atoms with van der Waals surface area (Å²) >= 11 is 0. The zero-order chi connectivity index (χ0) is 15.5. The van der Waals surface area contributed by atoms with E-state index in [-0.39, 0.29) is 0 Å². The lowest BCUT2D eigenvalue weighted by atomic mass is 10.1. The van der Waals surface area contributed by atoms with Crippen LogP contribution in [0.15, 0.2) is 66.8 Å². The molecular formula is C20H23NP-. The molecule has 2 atom stereocenters. The van der Waals surface area contributed by atoms with Gasteiger partial charge in [-0.2, -0.15) is 0 Å². The van der Waals surface area contributed by atoms with Gasteiger partial charge in [0, 0.05) is 16.7 Å². The maximum absolute atomic E-state index is 2.32. The van der Waals surface area contributed by atoms with E-state index in [0.717, 1.165) is 6.42 Å². The van der Waals surface area contributed by atoms with Crippen LogP contribution in [0.2, 0.25) is 0 Å². The molecule has 1 aliphatic carbocycles. The maximum Gasteiger partial charge on any atom is 0.130 e. The molecule has 0 heterocycles. The number of hydrogen-bond donors (Lipinski definition) is 0. The van der Waals surface area contributed by atoms with E-state index in [1.165, 1.54) is 21.5 Å². The molecule has 1 unspecified atom stereocenters. The fourth-order valence-corrected chi connectivity index (χ4v) is 5.45. The van der Waals surface area contributed by atoms with Crippen LogP contribution < -0.4 is 10.6 Å². The molecule has 2 aromatic carbocycles. The van der Waals surface area contributed by atoms with E-state index in [9.17, 15) is 0 Å². The topological polar surface area (TPSA) is 3.24 Å². The largest absolute Gasteiger partial charge is 0.305 e. The van der Waals surface area contributed by atoms with Crippen LogP contribution in [0.25, 0.3) is 0 Å². The van der Waals surface area contributed by atoms with E-state index in [1.807, 2.05) is 0 Å². The molecule has 2 heteroatoms. The second-order valence-electron chi connectivity index (χ2n) is 5.95. The predicted molar refractivity (Wildman–Crippen MR) is 100 cm³/mol. The normalized spacial score (nSPS) is 16.4. The molecule has 0 bridgehead atoms. The minimum atomic E-state index is -0.457. The van der Waals surface area contributed by atoms with Crippen molar-refractivity contribution >= 4 is 23.4 Å². The van der Waals surface area contributed by atoms with Crippen molar-refractivity contribution in [1.82, 2.24) is 4.90 Å². The number of nitrogens with zero attached hydrogens (tertiary/aromatic N) is 1. The predicted octanol–water partition coefficient (Wildman–Crippen LogP) is 3.87. The molecule has 0 saturated heterocycles. The van der Waals surface area contributed by atoms with Crippen molar-refractivity contribution in [3.63, 3.8) is 0 Å².